The average molecular weight is 292 g/mol. The lowest BCUT2D eigenvalue weighted by molar-refractivity contribution is -0.116. The molecule has 1 aliphatic rings. The molecule has 3 rings (SSSR count). The van der Waals surface area contributed by atoms with Crippen LogP contribution < -0.4 is 5.32 Å². The largest absolute Gasteiger partial charge is 0.326 e. The van der Waals surface area contributed by atoms with E-state index in [-0.39, 0.29) is 18.2 Å². The molecule has 2 aromatic carbocycles. The van der Waals surface area contributed by atoms with Gasteiger partial charge >= 0.3 is 0 Å². The fourth-order valence-corrected chi connectivity index (χ4v) is 2.53. The summed E-state index contributed by atoms with van der Waals surface area (Å²) < 4.78 is 0. The number of carbonyl (C=O) groups is 2. The third-order valence-electron chi connectivity index (χ3n) is 3.66. The van der Waals surface area contributed by atoms with Gasteiger partial charge in [-0.1, -0.05) is 43.0 Å². The number of anilines is 1. The lowest BCUT2D eigenvalue weighted by Crippen LogP contribution is -2.27. The van der Waals surface area contributed by atoms with Gasteiger partial charge in [0.1, 0.15) is 0 Å². The number of nitrogens with one attached hydrogen (secondary N) is 1. The molecule has 4 heteroatoms. The van der Waals surface area contributed by atoms with E-state index in [9.17, 15) is 9.59 Å². The van der Waals surface area contributed by atoms with Gasteiger partial charge in [-0.05, 0) is 18.2 Å². The fourth-order valence-electron chi connectivity index (χ4n) is 2.53. The molecule has 22 heavy (non-hydrogen) atoms. The quantitative estimate of drug-likeness (QED) is 0.941. The monoisotopic (exact) mass is 292 g/mol. The maximum absolute atomic E-state index is 12.3. The fraction of sp³-hybridized carbons (Fsp3) is 0.111. The van der Waals surface area contributed by atoms with Crippen molar-refractivity contribution in [3.05, 3.63) is 72.3 Å². The Labute approximate surface area is 129 Å². The van der Waals surface area contributed by atoms with E-state index < -0.39 is 0 Å². The summed E-state index contributed by atoms with van der Waals surface area (Å²) in [6.45, 7) is 4.29. The Hall–Kier alpha value is -2.88. The van der Waals surface area contributed by atoms with Crippen molar-refractivity contribution in [2.75, 3.05) is 11.9 Å². The predicted molar refractivity (Wildman–Crippen MR) is 86.2 cm³/mol. The number of hydrogen-bond donors (Lipinski definition) is 1. The van der Waals surface area contributed by atoms with Crippen LogP contribution in [0.3, 0.4) is 0 Å². The normalized spacial score (nSPS) is 13.2. The summed E-state index contributed by atoms with van der Waals surface area (Å²) in [4.78, 5) is 25.9. The molecule has 2 aromatic rings. The first kappa shape index (κ1) is 14.1. The summed E-state index contributed by atoms with van der Waals surface area (Å²) in [5, 5.41) is 2.81. The second kappa shape index (κ2) is 5.85. The van der Waals surface area contributed by atoms with Crippen molar-refractivity contribution in [1.82, 2.24) is 4.90 Å². The summed E-state index contributed by atoms with van der Waals surface area (Å²) in [6.07, 6.45) is 0.230. The lowest BCUT2D eigenvalue weighted by Gasteiger charge is -2.17. The number of para-hydroxylation sites is 1. The topological polar surface area (TPSA) is 49.4 Å². The van der Waals surface area contributed by atoms with Gasteiger partial charge < -0.3 is 10.2 Å². The Bertz CT molecular complexity index is 703. The van der Waals surface area contributed by atoms with E-state index >= 15 is 0 Å². The van der Waals surface area contributed by atoms with E-state index in [1.54, 1.807) is 11.0 Å². The van der Waals surface area contributed by atoms with Gasteiger partial charge in [0, 0.05) is 35.5 Å². The van der Waals surface area contributed by atoms with Crippen LogP contribution >= 0.6 is 0 Å². The van der Waals surface area contributed by atoms with Crippen molar-refractivity contribution < 1.29 is 9.59 Å². The molecular weight excluding hydrogens is 276 g/mol. The average Bonchev–Trinajstić information content (AvgIpc) is 2.78. The summed E-state index contributed by atoms with van der Waals surface area (Å²) in [5.74, 6) is -0.212. The van der Waals surface area contributed by atoms with Crippen LogP contribution in [0.2, 0.25) is 0 Å². The smallest absolute Gasteiger partial charge is 0.258 e. The Balaban J connectivity index is 1.62. The van der Waals surface area contributed by atoms with Crippen molar-refractivity contribution in [1.29, 1.82) is 0 Å². The molecule has 0 fully saturated rings. The first-order chi connectivity index (χ1) is 10.7. The number of rotatable bonds is 4. The Morgan fingerprint density at radius 3 is 2.32 bits per heavy atom. The molecular formula is C18H16N2O2. The summed E-state index contributed by atoms with van der Waals surface area (Å²) in [6, 6.07) is 16.6. The first-order valence-corrected chi connectivity index (χ1v) is 7.12. The molecule has 0 unspecified atom stereocenters. The van der Waals surface area contributed by atoms with Crippen LogP contribution in [-0.4, -0.2) is 23.3 Å². The Kier molecular flexibility index (Phi) is 3.74. The molecule has 0 saturated carbocycles. The molecule has 0 atom stereocenters. The van der Waals surface area contributed by atoms with Gasteiger partial charge in [-0.3, -0.25) is 9.59 Å². The highest BCUT2D eigenvalue weighted by Crippen LogP contribution is 2.31. The molecule has 0 radical (unpaired) electrons. The number of amides is 2. The molecule has 0 bridgehead atoms. The van der Waals surface area contributed by atoms with Gasteiger partial charge in [-0.25, -0.2) is 0 Å². The zero-order valence-corrected chi connectivity index (χ0v) is 12.1. The van der Waals surface area contributed by atoms with E-state index in [1.807, 2.05) is 48.5 Å². The lowest BCUT2D eigenvalue weighted by atomic mass is 10.1. The number of nitrogens with zero attached hydrogens (tertiary/aromatic N) is 1. The van der Waals surface area contributed by atoms with Crippen LogP contribution in [0.15, 0.2) is 61.2 Å². The highest BCUT2D eigenvalue weighted by Gasteiger charge is 2.30. The van der Waals surface area contributed by atoms with Crippen molar-refractivity contribution in [2.45, 2.75) is 6.42 Å². The van der Waals surface area contributed by atoms with Gasteiger partial charge in [0.25, 0.3) is 5.91 Å². The van der Waals surface area contributed by atoms with E-state index in [2.05, 4.69) is 11.9 Å². The molecule has 1 N–H and O–H groups in total. The molecule has 2 amide bonds. The van der Waals surface area contributed by atoms with Gasteiger partial charge in [0.05, 0.1) is 0 Å². The van der Waals surface area contributed by atoms with Gasteiger partial charge in [-0.15, -0.1) is 0 Å². The SMILES string of the molecule is C=C1c2ccccc2C(=O)N1CCC(=O)Nc1ccccc1. The number of carbonyl (C=O) groups excluding carboxylic acids is 2. The third-order valence-corrected chi connectivity index (χ3v) is 3.66. The molecule has 4 nitrogen and oxygen atoms in total. The zero-order valence-electron chi connectivity index (χ0n) is 12.1. The van der Waals surface area contributed by atoms with Crippen LogP contribution in [0, 0.1) is 0 Å². The number of benzene rings is 2. The first-order valence-electron chi connectivity index (χ1n) is 7.12. The molecule has 0 aromatic heterocycles. The van der Waals surface area contributed by atoms with E-state index in [4.69, 9.17) is 0 Å². The summed E-state index contributed by atoms with van der Waals surface area (Å²) >= 11 is 0. The molecule has 0 saturated heterocycles. The molecule has 0 spiro atoms. The van der Waals surface area contributed by atoms with Crippen LogP contribution in [0.25, 0.3) is 5.70 Å². The molecule has 110 valence electrons. The minimum Gasteiger partial charge on any atom is -0.326 e. The van der Waals surface area contributed by atoms with Gasteiger partial charge in [0.15, 0.2) is 0 Å². The Morgan fingerprint density at radius 2 is 1.64 bits per heavy atom. The van der Waals surface area contributed by atoms with Crippen LogP contribution in [0.5, 0.6) is 0 Å². The van der Waals surface area contributed by atoms with Crippen LogP contribution in [-0.2, 0) is 4.79 Å². The van der Waals surface area contributed by atoms with Crippen molar-refractivity contribution in [3.8, 4) is 0 Å². The second-order valence-corrected chi connectivity index (χ2v) is 5.11. The number of fused-ring (bicyclic) bond motifs is 1. The van der Waals surface area contributed by atoms with Gasteiger partial charge in [0.2, 0.25) is 5.91 Å². The highest BCUT2D eigenvalue weighted by molar-refractivity contribution is 6.09. The van der Waals surface area contributed by atoms with Crippen molar-refractivity contribution in [2.24, 2.45) is 0 Å². The second-order valence-electron chi connectivity index (χ2n) is 5.11. The highest BCUT2D eigenvalue weighted by atomic mass is 16.2. The van der Waals surface area contributed by atoms with E-state index in [0.717, 1.165) is 11.3 Å². The zero-order chi connectivity index (χ0) is 15.5. The minimum absolute atomic E-state index is 0.0897. The van der Waals surface area contributed by atoms with Gasteiger partial charge in [-0.2, -0.15) is 0 Å². The number of hydrogen-bond acceptors (Lipinski definition) is 2. The van der Waals surface area contributed by atoms with E-state index in [1.165, 1.54) is 0 Å². The van der Waals surface area contributed by atoms with Crippen molar-refractivity contribution >= 4 is 23.2 Å². The maximum atomic E-state index is 12.3. The van der Waals surface area contributed by atoms with Crippen LogP contribution in [0.1, 0.15) is 22.3 Å². The molecule has 0 aliphatic carbocycles. The molecule has 1 aliphatic heterocycles. The maximum Gasteiger partial charge on any atom is 0.258 e. The summed E-state index contributed by atoms with van der Waals surface area (Å²) in [7, 11) is 0. The van der Waals surface area contributed by atoms with E-state index in [0.29, 0.717) is 17.8 Å². The molecule has 1 heterocycles. The van der Waals surface area contributed by atoms with Crippen molar-refractivity contribution in [3.63, 3.8) is 0 Å². The summed E-state index contributed by atoms with van der Waals surface area (Å²) in [5.41, 5.74) is 2.91. The standard InChI is InChI=1S/C18H16N2O2/c1-13-15-9-5-6-10-16(15)18(22)20(13)12-11-17(21)19-14-7-3-2-4-8-14/h2-10H,1,11-12H2,(H,19,21). The predicted octanol–water partition coefficient (Wildman–Crippen LogP) is 3.14. The van der Waals surface area contributed by atoms with Crippen LogP contribution in [0.4, 0.5) is 5.69 Å². The third kappa shape index (κ3) is 2.63. The Morgan fingerprint density at radius 1 is 1.00 bits per heavy atom. The minimum atomic E-state index is -0.122.